The van der Waals surface area contributed by atoms with Crippen molar-refractivity contribution in [2.24, 2.45) is 0 Å². The van der Waals surface area contributed by atoms with Gasteiger partial charge in [0.15, 0.2) is 0 Å². The number of hydrogen-bond donors (Lipinski definition) is 1. The maximum Gasteiger partial charge on any atom is 0.407 e. The molecule has 0 saturated carbocycles. The predicted octanol–water partition coefficient (Wildman–Crippen LogP) is 2.74. The minimum atomic E-state index is -0.968. The van der Waals surface area contributed by atoms with Crippen molar-refractivity contribution >= 4 is 29.2 Å². The number of nitro groups is 2. The first kappa shape index (κ1) is 16.0. The second-order valence-corrected chi connectivity index (χ2v) is 6.10. The summed E-state index contributed by atoms with van der Waals surface area (Å²) >= 11 is 1.27. The molecule has 1 aromatic rings. The molecular formula is C12H13N3O6S. The molecule has 2 rings (SSSR count). The monoisotopic (exact) mass is 327 g/mol. The van der Waals surface area contributed by atoms with Crippen molar-refractivity contribution < 1.29 is 19.7 Å². The van der Waals surface area contributed by atoms with E-state index in [1.807, 2.05) is 0 Å². The zero-order valence-electron chi connectivity index (χ0n) is 11.4. The van der Waals surface area contributed by atoms with E-state index < -0.39 is 15.9 Å². The van der Waals surface area contributed by atoms with Gasteiger partial charge in [-0.25, -0.2) is 4.79 Å². The summed E-state index contributed by atoms with van der Waals surface area (Å²) in [4.78, 5) is 32.9. The van der Waals surface area contributed by atoms with E-state index in [9.17, 15) is 25.0 Å². The molecule has 1 N–H and O–H groups in total. The molecule has 0 aromatic heterocycles. The lowest BCUT2D eigenvalue weighted by Crippen LogP contribution is -2.38. The summed E-state index contributed by atoms with van der Waals surface area (Å²) in [5, 5.41) is 30.7. The first-order valence-corrected chi connectivity index (χ1v) is 7.34. The lowest BCUT2D eigenvalue weighted by atomic mass is 10.1. The van der Waals surface area contributed by atoms with Crippen LogP contribution in [0.15, 0.2) is 23.1 Å². The van der Waals surface area contributed by atoms with E-state index in [4.69, 9.17) is 5.11 Å². The summed E-state index contributed by atoms with van der Waals surface area (Å²) in [5.74, 6) is 0. The van der Waals surface area contributed by atoms with Crippen LogP contribution in [0, 0.1) is 20.2 Å². The molecule has 0 spiro atoms. The van der Waals surface area contributed by atoms with Crippen molar-refractivity contribution in [3.63, 3.8) is 0 Å². The summed E-state index contributed by atoms with van der Waals surface area (Å²) < 4.78 is 0. The Hall–Kier alpha value is -2.36. The van der Waals surface area contributed by atoms with Crippen LogP contribution in [0.5, 0.6) is 0 Å². The van der Waals surface area contributed by atoms with Crippen molar-refractivity contribution in [2.45, 2.75) is 23.0 Å². The Bertz CT molecular complexity index is 615. The smallest absolute Gasteiger partial charge is 0.407 e. The maximum absolute atomic E-state index is 11.1. The van der Waals surface area contributed by atoms with Gasteiger partial charge in [-0.1, -0.05) is 0 Å². The first-order chi connectivity index (χ1) is 10.4. The Kier molecular flexibility index (Phi) is 4.81. The van der Waals surface area contributed by atoms with Gasteiger partial charge in [0, 0.05) is 24.4 Å². The van der Waals surface area contributed by atoms with Crippen LogP contribution in [-0.4, -0.2) is 44.3 Å². The molecule has 1 fully saturated rings. The van der Waals surface area contributed by atoms with Crippen molar-refractivity contribution in [1.82, 2.24) is 4.90 Å². The number of thioether (sulfide) groups is 1. The van der Waals surface area contributed by atoms with Crippen molar-refractivity contribution in [3.05, 3.63) is 38.4 Å². The quantitative estimate of drug-likeness (QED) is 0.665. The van der Waals surface area contributed by atoms with Gasteiger partial charge in [0.05, 0.1) is 20.8 Å². The molecule has 1 aromatic carbocycles. The predicted molar refractivity (Wildman–Crippen MR) is 78.2 cm³/mol. The second-order valence-electron chi connectivity index (χ2n) is 4.75. The van der Waals surface area contributed by atoms with Gasteiger partial charge in [-0.15, -0.1) is 11.8 Å². The van der Waals surface area contributed by atoms with Gasteiger partial charge in [0.25, 0.3) is 11.4 Å². The standard InChI is InChI=1S/C12H13N3O6S/c16-12(17)13-5-3-9(4-6-13)22-11-2-1-8(14(18)19)7-10(11)15(20)21/h1-2,7,9H,3-6H2,(H,16,17). The Balaban J connectivity index is 2.11. The molecule has 0 unspecified atom stereocenters. The van der Waals surface area contributed by atoms with Gasteiger partial charge in [-0.2, -0.15) is 0 Å². The van der Waals surface area contributed by atoms with E-state index in [-0.39, 0.29) is 16.6 Å². The lowest BCUT2D eigenvalue weighted by molar-refractivity contribution is -0.396. The van der Waals surface area contributed by atoms with Crippen LogP contribution in [0.1, 0.15) is 12.8 Å². The fourth-order valence-corrected chi connectivity index (χ4v) is 3.41. The molecular weight excluding hydrogens is 314 g/mol. The number of carboxylic acid groups (broad SMARTS) is 1. The first-order valence-electron chi connectivity index (χ1n) is 6.46. The van der Waals surface area contributed by atoms with Crippen LogP contribution < -0.4 is 0 Å². The topological polar surface area (TPSA) is 127 Å². The Morgan fingerprint density at radius 1 is 1.23 bits per heavy atom. The minimum Gasteiger partial charge on any atom is -0.465 e. The van der Waals surface area contributed by atoms with Gasteiger partial charge >= 0.3 is 6.09 Å². The van der Waals surface area contributed by atoms with E-state index in [0.717, 1.165) is 6.07 Å². The number of nitro benzene ring substituents is 2. The highest BCUT2D eigenvalue weighted by molar-refractivity contribution is 8.00. The zero-order valence-corrected chi connectivity index (χ0v) is 12.2. The highest BCUT2D eigenvalue weighted by atomic mass is 32.2. The Labute approximate surface area is 129 Å². The average molecular weight is 327 g/mol. The molecule has 10 heteroatoms. The number of hydrogen-bond acceptors (Lipinski definition) is 6. The molecule has 0 aliphatic carbocycles. The molecule has 1 amide bonds. The third-order valence-corrected chi connectivity index (χ3v) is 4.76. The second kappa shape index (κ2) is 6.60. The van der Waals surface area contributed by atoms with Crippen LogP contribution in [0.25, 0.3) is 0 Å². The fourth-order valence-electron chi connectivity index (χ4n) is 2.21. The summed E-state index contributed by atoms with van der Waals surface area (Å²) in [7, 11) is 0. The van der Waals surface area contributed by atoms with Crippen LogP contribution in [0.3, 0.4) is 0 Å². The molecule has 22 heavy (non-hydrogen) atoms. The molecule has 9 nitrogen and oxygen atoms in total. The van der Waals surface area contributed by atoms with Crippen LogP contribution in [-0.2, 0) is 0 Å². The normalized spacial score (nSPS) is 15.5. The van der Waals surface area contributed by atoms with Gasteiger partial charge < -0.3 is 10.0 Å². The number of piperidine rings is 1. The molecule has 0 radical (unpaired) electrons. The summed E-state index contributed by atoms with van der Waals surface area (Å²) in [5.41, 5.74) is -0.614. The molecule has 0 atom stereocenters. The Morgan fingerprint density at radius 3 is 2.36 bits per heavy atom. The van der Waals surface area contributed by atoms with Crippen LogP contribution in [0.2, 0.25) is 0 Å². The molecule has 1 aliphatic rings. The van der Waals surface area contributed by atoms with Gasteiger partial charge in [0.2, 0.25) is 0 Å². The number of non-ortho nitro benzene ring substituents is 1. The van der Waals surface area contributed by atoms with Crippen LogP contribution in [0.4, 0.5) is 16.2 Å². The third-order valence-electron chi connectivity index (χ3n) is 3.36. The van der Waals surface area contributed by atoms with Crippen molar-refractivity contribution in [1.29, 1.82) is 0 Å². The lowest BCUT2D eigenvalue weighted by Gasteiger charge is -2.29. The largest absolute Gasteiger partial charge is 0.465 e. The highest BCUT2D eigenvalue weighted by Crippen LogP contribution is 2.37. The average Bonchev–Trinajstić information content (AvgIpc) is 2.47. The number of benzene rings is 1. The maximum atomic E-state index is 11.1. The van der Waals surface area contributed by atoms with Crippen LogP contribution >= 0.6 is 11.8 Å². The van der Waals surface area contributed by atoms with E-state index in [1.165, 1.54) is 28.8 Å². The number of likely N-dealkylation sites (tertiary alicyclic amines) is 1. The van der Waals surface area contributed by atoms with E-state index in [1.54, 1.807) is 0 Å². The molecule has 1 heterocycles. The number of amides is 1. The summed E-state index contributed by atoms with van der Waals surface area (Å²) in [6.45, 7) is 0.765. The highest BCUT2D eigenvalue weighted by Gasteiger charge is 2.26. The number of nitrogens with zero attached hydrogens (tertiary/aromatic N) is 3. The van der Waals surface area contributed by atoms with Gasteiger partial charge in [-0.3, -0.25) is 20.2 Å². The molecule has 1 aliphatic heterocycles. The minimum absolute atomic E-state index is 0.0516. The van der Waals surface area contributed by atoms with Gasteiger partial charge in [-0.05, 0) is 18.9 Å². The molecule has 1 saturated heterocycles. The summed E-state index contributed by atoms with van der Waals surface area (Å²) in [6, 6.07) is 3.57. The SMILES string of the molecule is O=C(O)N1CCC(Sc2ccc([N+](=O)[O-])cc2[N+](=O)[O-])CC1. The number of rotatable bonds is 4. The third kappa shape index (κ3) is 3.64. The number of carbonyl (C=O) groups is 1. The van der Waals surface area contributed by atoms with Crippen molar-refractivity contribution in [3.8, 4) is 0 Å². The van der Waals surface area contributed by atoms with E-state index in [2.05, 4.69) is 0 Å². The fraction of sp³-hybridized carbons (Fsp3) is 0.417. The molecule has 118 valence electrons. The molecule has 0 bridgehead atoms. The van der Waals surface area contributed by atoms with Crippen molar-refractivity contribution in [2.75, 3.05) is 13.1 Å². The van der Waals surface area contributed by atoms with E-state index >= 15 is 0 Å². The van der Waals surface area contributed by atoms with Gasteiger partial charge in [0.1, 0.15) is 0 Å². The zero-order chi connectivity index (χ0) is 16.3. The summed E-state index contributed by atoms with van der Waals surface area (Å²) in [6.07, 6.45) is 0.209. The van der Waals surface area contributed by atoms with E-state index in [0.29, 0.717) is 30.8 Å². The Morgan fingerprint density at radius 2 is 1.86 bits per heavy atom.